The summed E-state index contributed by atoms with van der Waals surface area (Å²) in [5, 5.41) is 5.39. The Balaban J connectivity index is 1.36. The highest BCUT2D eigenvalue weighted by Crippen LogP contribution is 2.30. The molecule has 0 radical (unpaired) electrons. The van der Waals surface area contributed by atoms with Crippen molar-refractivity contribution in [1.29, 1.82) is 0 Å². The van der Waals surface area contributed by atoms with E-state index in [1.54, 1.807) is 6.07 Å². The van der Waals surface area contributed by atoms with Gasteiger partial charge < -0.3 is 9.47 Å². The molecule has 1 aliphatic carbocycles. The molecule has 0 saturated heterocycles. The number of hydrogen-bond acceptors (Lipinski definition) is 5. The highest BCUT2D eigenvalue weighted by Gasteiger charge is 2.13. The van der Waals surface area contributed by atoms with E-state index in [-0.39, 0.29) is 12.5 Å². The fourth-order valence-electron chi connectivity index (χ4n) is 3.56. The minimum Gasteiger partial charge on any atom is -0.490 e. The Kier molecular flexibility index (Phi) is 6.64. The molecule has 0 bridgehead atoms. The number of thiazole rings is 1. The molecule has 1 aliphatic rings. The molecule has 1 N–H and O–H groups in total. The maximum atomic E-state index is 12.3. The summed E-state index contributed by atoms with van der Waals surface area (Å²) >= 11 is 1.42. The van der Waals surface area contributed by atoms with E-state index in [0.717, 1.165) is 24.1 Å². The summed E-state index contributed by atoms with van der Waals surface area (Å²) in [6.07, 6.45) is 5.74. The van der Waals surface area contributed by atoms with Crippen LogP contribution in [0, 0.1) is 0 Å². The predicted octanol–water partition coefficient (Wildman–Crippen LogP) is 5.50. The predicted molar refractivity (Wildman–Crippen MR) is 121 cm³/mol. The molecule has 0 saturated carbocycles. The third-order valence-corrected chi connectivity index (χ3v) is 5.82. The number of aromatic nitrogens is 1. The van der Waals surface area contributed by atoms with Crippen LogP contribution in [0.4, 0.5) is 5.13 Å². The van der Waals surface area contributed by atoms with Crippen LogP contribution in [0.15, 0.2) is 47.8 Å². The van der Waals surface area contributed by atoms with Crippen molar-refractivity contribution in [3.05, 3.63) is 59.0 Å². The molecule has 2 aromatic carbocycles. The lowest BCUT2D eigenvalue weighted by Crippen LogP contribution is -2.20. The normalized spacial score (nSPS) is 12.8. The van der Waals surface area contributed by atoms with Crippen LogP contribution in [0.3, 0.4) is 0 Å². The first-order valence-corrected chi connectivity index (χ1v) is 11.3. The lowest BCUT2D eigenvalue weighted by atomic mass is 9.90. The summed E-state index contributed by atoms with van der Waals surface area (Å²) in [7, 11) is 0. The van der Waals surface area contributed by atoms with Crippen LogP contribution in [0.5, 0.6) is 11.5 Å². The number of nitrogens with zero attached hydrogens (tertiary/aromatic N) is 1. The van der Waals surface area contributed by atoms with Crippen LogP contribution in [0.2, 0.25) is 0 Å². The summed E-state index contributed by atoms with van der Waals surface area (Å²) in [6, 6.07) is 14.0. The Labute approximate surface area is 181 Å². The van der Waals surface area contributed by atoms with Gasteiger partial charge in [0, 0.05) is 10.9 Å². The molecule has 0 fully saturated rings. The van der Waals surface area contributed by atoms with Crippen LogP contribution in [0.25, 0.3) is 11.3 Å². The molecule has 1 amide bonds. The van der Waals surface area contributed by atoms with Crippen molar-refractivity contribution >= 4 is 22.4 Å². The number of nitrogens with one attached hydrogen (secondary N) is 1. The first-order chi connectivity index (χ1) is 14.7. The molecular weight excluding hydrogens is 396 g/mol. The number of benzene rings is 2. The number of anilines is 1. The van der Waals surface area contributed by atoms with Crippen molar-refractivity contribution in [3.63, 3.8) is 0 Å². The lowest BCUT2D eigenvalue weighted by Gasteiger charge is -2.16. The van der Waals surface area contributed by atoms with E-state index in [1.807, 2.05) is 30.5 Å². The average Bonchev–Trinajstić information content (AvgIpc) is 3.25. The fraction of sp³-hybridized carbons (Fsp3) is 0.333. The molecule has 1 heterocycles. The number of rotatable bonds is 8. The van der Waals surface area contributed by atoms with E-state index in [4.69, 9.17) is 9.47 Å². The Morgan fingerprint density at radius 2 is 1.83 bits per heavy atom. The van der Waals surface area contributed by atoms with Crippen molar-refractivity contribution in [2.45, 2.75) is 39.0 Å². The fourth-order valence-corrected chi connectivity index (χ4v) is 4.29. The van der Waals surface area contributed by atoms with Crippen LogP contribution >= 0.6 is 11.3 Å². The van der Waals surface area contributed by atoms with Crippen molar-refractivity contribution < 1.29 is 14.3 Å². The third kappa shape index (κ3) is 5.00. The molecule has 156 valence electrons. The van der Waals surface area contributed by atoms with Gasteiger partial charge in [-0.05, 0) is 61.4 Å². The number of carbonyl (C=O) groups is 1. The van der Waals surface area contributed by atoms with Crippen LogP contribution in [0.1, 0.15) is 37.3 Å². The topological polar surface area (TPSA) is 60.5 Å². The second-order valence-electron chi connectivity index (χ2n) is 7.36. The first kappa shape index (κ1) is 20.4. The number of aryl methyl sites for hydroxylation is 2. The molecule has 0 aliphatic heterocycles. The van der Waals surface area contributed by atoms with Gasteiger partial charge in [0.2, 0.25) is 0 Å². The van der Waals surface area contributed by atoms with Gasteiger partial charge >= 0.3 is 0 Å². The lowest BCUT2D eigenvalue weighted by molar-refractivity contribution is -0.118. The standard InChI is InChI=1S/C24H26N2O3S/c1-2-13-28-21-9-5-6-10-22(21)29-15-23(27)26-24-25-20(16-30-24)19-12-11-17-7-3-4-8-18(17)14-19/h5-6,9-12,14,16H,2-4,7-8,13,15H2,1H3,(H,25,26,27). The molecule has 5 nitrogen and oxygen atoms in total. The largest absolute Gasteiger partial charge is 0.490 e. The van der Waals surface area contributed by atoms with E-state index in [1.165, 1.54) is 41.7 Å². The minimum absolute atomic E-state index is 0.0970. The quantitative estimate of drug-likeness (QED) is 0.521. The number of para-hydroxylation sites is 2. The van der Waals surface area contributed by atoms with E-state index in [9.17, 15) is 4.79 Å². The van der Waals surface area contributed by atoms with Gasteiger partial charge in [-0.1, -0.05) is 31.2 Å². The van der Waals surface area contributed by atoms with Gasteiger partial charge in [0.25, 0.3) is 5.91 Å². The van der Waals surface area contributed by atoms with Gasteiger partial charge in [0.1, 0.15) is 0 Å². The second kappa shape index (κ2) is 9.76. The molecule has 0 atom stereocenters. The number of hydrogen-bond donors (Lipinski definition) is 1. The molecule has 3 aromatic rings. The van der Waals surface area contributed by atoms with Crippen molar-refractivity contribution in [1.82, 2.24) is 4.98 Å². The monoisotopic (exact) mass is 422 g/mol. The molecule has 0 unspecified atom stereocenters. The molecule has 6 heteroatoms. The van der Waals surface area contributed by atoms with E-state index in [2.05, 4.69) is 28.5 Å². The summed E-state index contributed by atoms with van der Waals surface area (Å²) in [5.74, 6) is 0.970. The first-order valence-electron chi connectivity index (χ1n) is 10.4. The maximum Gasteiger partial charge on any atom is 0.264 e. The zero-order chi connectivity index (χ0) is 20.8. The number of fused-ring (bicyclic) bond motifs is 1. The Morgan fingerprint density at radius 1 is 1.07 bits per heavy atom. The van der Waals surface area contributed by atoms with Crippen molar-refractivity contribution in [3.8, 4) is 22.8 Å². The highest BCUT2D eigenvalue weighted by atomic mass is 32.1. The van der Waals surface area contributed by atoms with E-state index >= 15 is 0 Å². The molecule has 0 spiro atoms. The number of amides is 1. The SMILES string of the molecule is CCCOc1ccccc1OCC(=O)Nc1nc(-c2ccc3c(c2)CCCC3)cs1. The van der Waals surface area contributed by atoms with Gasteiger partial charge in [-0.2, -0.15) is 0 Å². The smallest absolute Gasteiger partial charge is 0.264 e. The Morgan fingerprint density at radius 3 is 2.63 bits per heavy atom. The van der Waals surface area contributed by atoms with Crippen LogP contribution in [-0.4, -0.2) is 24.1 Å². The van der Waals surface area contributed by atoms with E-state index in [0.29, 0.717) is 23.2 Å². The van der Waals surface area contributed by atoms with Gasteiger partial charge in [0.15, 0.2) is 23.2 Å². The molecule has 4 rings (SSSR count). The summed E-state index contributed by atoms with van der Waals surface area (Å²) in [5.41, 5.74) is 4.87. The second-order valence-corrected chi connectivity index (χ2v) is 8.22. The van der Waals surface area contributed by atoms with Gasteiger partial charge in [-0.15, -0.1) is 11.3 Å². The van der Waals surface area contributed by atoms with Crippen molar-refractivity contribution in [2.75, 3.05) is 18.5 Å². The number of ether oxygens (including phenoxy) is 2. The number of carbonyl (C=O) groups excluding carboxylic acids is 1. The zero-order valence-corrected chi connectivity index (χ0v) is 18.0. The Hall–Kier alpha value is -2.86. The molecule has 30 heavy (non-hydrogen) atoms. The Bertz CT molecular complexity index is 1020. The van der Waals surface area contributed by atoms with Crippen LogP contribution < -0.4 is 14.8 Å². The summed E-state index contributed by atoms with van der Waals surface area (Å²) in [6.45, 7) is 2.56. The summed E-state index contributed by atoms with van der Waals surface area (Å²) in [4.78, 5) is 16.9. The van der Waals surface area contributed by atoms with Gasteiger partial charge in [-0.25, -0.2) is 4.98 Å². The minimum atomic E-state index is -0.244. The highest BCUT2D eigenvalue weighted by molar-refractivity contribution is 7.14. The average molecular weight is 423 g/mol. The molecular formula is C24H26N2O3S. The maximum absolute atomic E-state index is 12.3. The van der Waals surface area contributed by atoms with Crippen LogP contribution in [-0.2, 0) is 17.6 Å². The zero-order valence-electron chi connectivity index (χ0n) is 17.1. The molecule has 1 aromatic heterocycles. The van der Waals surface area contributed by atoms with Crippen molar-refractivity contribution in [2.24, 2.45) is 0 Å². The summed E-state index contributed by atoms with van der Waals surface area (Å²) < 4.78 is 11.3. The van der Waals surface area contributed by atoms with E-state index < -0.39 is 0 Å². The third-order valence-electron chi connectivity index (χ3n) is 5.06. The van der Waals surface area contributed by atoms with Gasteiger partial charge in [-0.3, -0.25) is 10.1 Å². The van der Waals surface area contributed by atoms with Gasteiger partial charge in [0.05, 0.1) is 12.3 Å².